The Morgan fingerprint density at radius 2 is 1.35 bits per heavy atom. The molecular formula is C25H22Cl2N2O2. The van der Waals surface area contributed by atoms with E-state index in [-0.39, 0.29) is 17.7 Å². The van der Waals surface area contributed by atoms with Crippen molar-refractivity contribution in [1.82, 2.24) is 4.90 Å². The summed E-state index contributed by atoms with van der Waals surface area (Å²) < 4.78 is 0. The predicted molar refractivity (Wildman–Crippen MR) is 126 cm³/mol. The molecule has 0 bridgehead atoms. The van der Waals surface area contributed by atoms with E-state index in [4.69, 9.17) is 23.2 Å². The normalized spacial score (nSPS) is 14.3. The van der Waals surface area contributed by atoms with Crippen LogP contribution in [-0.4, -0.2) is 29.8 Å². The molecule has 6 heteroatoms. The number of hydrogen-bond donors (Lipinski definition) is 1. The van der Waals surface area contributed by atoms with Crippen LogP contribution < -0.4 is 5.32 Å². The maximum atomic E-state index is 12.9. The third-order valence-corrected chi connectivity index (χ3v) is 6.23. The second-order valence-corrected chi connectivity index (χ2v) is 8.41. The highest BCUT2D eigenvalue weighted by atomic mass is 35.5. The number of piperidine rings is 1. The number of likely N-dealkylation sites (tertiary alicyclic amines) is 1. The zero-order chi connectivity index (χ0) is 21.8. The van der Waals surface area contributed by atoms with Gasteiger partial charge < -0.3 is 10.2 Å². The monoisotopic (exact) mass is 452 g/mol. The Kier molecular flexibility index (Phi) is 6.59. The fraction of sp³-hybridized carbons (Fsp3) is 0.200. The summed E-state index contributed by atoms with van der Waals surface area (Å²) in [7, 11) is 0. The average molecular weight is 453 g/mol. The molecule has 0 radical (unpaired) electrons. The zero-order valence-corrected chi connectivity index (χ0v) is 18.4. The first kappa shape index (κ1) is 21.4. The minimum Gasteiger partial charge on any atom is -0.339 e. The van der Waals surface area contributed by atoms with Crippen LogP contribution in [0, 0.1) is 5.92 Å². The highest BCUT2D eigenvalue weighted by Crippen LogP contribution is 2.31. The highest BCUT2D eigenvalue weighted by molar-refractivity contribution is 6.39. The first-order valence-corrected chi connectivity index (χ1v) is 11.0. The first-order valence-electron chi connectivity index (χ1n) is 10.2. The van der Waals surface area contributed by atoms with Gasteiger partial charge in [-0.15, -0.1) is 0 Å². The number of rotatable bonds is 4. The van der Waals surface area contributed by atoms with E-state index in [1.807, 2.05) is 59.5 Å². The van der Waals surface area contributed by atoms with Gasteiger partial charge in [0.15, 0.2) is 0 Å². The van der Waals surface area contributed by atoms with Crippen molar-refractivity contribution in [1.29, 1.82) is 0 Å². The quantitative estimate of drug-likeness (QED) is 0.515. The lowest BCUT2D eigenvalue weighted by Crippen LogP contribution is -2.41. The van der Waals surface area contributed by atoms with Gasteiger partial charge in [-0.2, -0.15) is 0 Å². The molecule has 1 fully saturated rings. The Balaban J connectivity index is 1.35. The van der Waals surface area contributed by atoms with E-state index < -0.39 is 0 Å². The molecule has 1 aliphatic heterocycles. The third-order valence-electron chi connectivity index (χ3n) is 5.60. The van der Waals surface area contributed by atoms with Crippen molar-refractivity contribution in [2.24, 2.45) is 5.92 Å². The summed E-state index contributed by atoms with van der Waals surface area (Å²) in [6, 6.07) is 22.8. The smallest absolute Gasteiger partial charge is 0.253 e. The minimum atomic E-state index is -0.183. The van der Waals surface area contributed by atoms with Gasteiger partial charge in [0, 0.05) is 24.6 Å². The van der Waals surface area contributed by atoms with Crippen molar-refractivity contribution in [3.05, 3.63) is 88.4 Å². The van der Waals surface area contributed by atoms with Crippen LogP contribution in [0.25, 0.3) is 11.1 Å². The molecule has 0 atom stereocenters. The molecule has 2 amide bonds. The molecule has 0 unspecified atom stereocenters. The Morgan fingerprint density at radius 3 is 1.97 bits per heavy atom. The molecule has 4 rings (SSSR count). The first-order chi connectivity index (χ1) is 15.0. The molecule has 0 spiro atoms. The largest absolute Gasteiger partial charge is 0.339 e. The van der Waals surface area contributed by atoms with Crippen LogP contribution in [-0.2, 0) is 4.79 Å². The van der Waals surface area contributed by atoms with Gasteiger partial charge in [-0.1, -0.05) is 71.7 Å². The van der Waals surface area contributed by atoms with Crippen LogP contribution in [0.1, 0.15) is 23.2 Å². The molecular weight excluding hydrogens is 431 g/mol. The minimum absolute atomic E-state index is 0.00684. The van der Waals surface area contributed by atoms with Gasteiger partial charge in [0.2, 0.25) is 5.91 Å². The summed E-state index contributed by atoms with van der Waals surface area (Å²) in [5.74, 6) is -0.307. The van der Waals surface area contributed by atoms with Gasteiger partial charge in [0.05, 0.1) is 15.7 Å². The van der Waals surface area contributed by atoms with Crippen LogP contribution in [0.4, 0.5) is 5.69 Å². The summed E-state index contributed by atoms with van der Waals surface area (Å²) in [5.41, 5.74) is 3.29. The molecule has 1 N–H and O–H groups in total. The van der Waals surface area contributed by atoms with E-state index in [1.54, 1.807) is 18.2 Å². The lowest BCUT2D eigenvalue weighted by Gasteiger charge is -2.31. The number of anilines is 1. The van der Waals surface area contributed by atoms with Crippen LogP contribution in [0.3, 0.4) is 0 Å². The molecule has 1 aliphatic rings. The number of nitrogens with one attached hydrogen (secondary N) is 1. The zero-order valence-electron chi connectivity index (χ0n) is 16.9. The number of hydrogen-bond acceptors (Lipinski definition) is 2. The van der Waals surface area contributed by atoms with E-state index in [0.717, 1.165) is 11.1 Å². The highest BCUT2D eigenvalue weighted by Gasteiger charge is 2.28. The maximum Gasteiger partial charge on any atom is 0.253 e. The topological polar surface area (TPSA) is 49.4 Å². The van der Waals surface area contributed by atoms with E-state index in [0.29, 0.717) is 47.2 Å². The van der Waals surface area contributed by atoms with Crippen molar-refractivity contribution in [2.75, 3.05) is 18.4 Å². The Labute approximate surface area is 191 Å². The predicted octanol–water partition coefficient (Wildman–Crippen LogP) is 6.15. The number of amides is 2. The standard InChI is InChI=1S/C25H22Cl2N2O2/c26-21-7-4-8-22(27)23(21)28-24(30)19-13-15-29(16-14-19)25(31)20-11-9-18(10-12-20)17-5-2-1-3-6-17/h1-12,19H,13-16H2,(H,28,30). The number of carbonyl (C=O) groups excluding carboxylic acids is 2. The van der Waals surface area contributed by atoms with Crippen LogP contribution >= 0.6 is 23.2 Å². The Bertz CT molecular complexity index is 1060. The fourth-order valence-electron chi connectivity index (χ4n) is 3.81. The molecule has 1 heterocycles. The molecule has 158 valence electrons. The second-order valence-electron chi connectivity index (χ2n) is 7.60. The summed E-state index contributed by atoms with van der Waals surface area (Å²) in [6.07, 6.45) is 1.20. The molecule has 3 aromatic carbocycles. The number of benzene rings is 3. The van der Waals surface area contributed by atoms with E-state index in [9.17, 15) is 9.59 Å². The fourth-order valence-corrected chi connectivity index (χ4v) is 4.30. The number of halogens is 2. The van der Waals surface area contributed by atoms with Gasteiger partial charge in [-0.05, 0) is 48.2 Å². The molecule has 0 aliphatic carbocycles. The van der Waals surface area contributed by atoms with Gasteiger partial charge in [0.25, 0.3) is 5.91 Å². The summed E-state index contributed by atoms with van der Waals surface area (Å²) in [5, 5.41) is 3.66. The Morgan fingerprint density at radius 1 is 0.774 bits per heavy atom. The lowest BCUT2D eigenvalue weighted by molar-refractivity contribution is -0.121. The van der Waals surface area contributed by atoms with E-state index >= 15 is 0 Å². The molecule has 3 aromatic rings. The molecule has 1 saturated heterocycles. The molecule has 31 heavy (non-hydrogen) atoms. The van der Waals surface area contributed by atoms with Crippen molar-refractivity contribution in [3.8, 4) is 11.1 Å². The number of para-hydroxylation sites is 1. The molecule has 0 aromatic heterocycles. The number of carbonyl (C=O) groups is 2. The van der Waals surface area contributed by atoms with Gasteiger partial charge in [-0.25, -0.2) is 0 Å². The summed E-state index contributed by atoms with van der Waals surface area (Å²) in [6.45, 7) is 1.07. The van der Waals surface area contributed by atoms with Crippen molar-refractivity contribution >= 4 is 40.7 Å². The molecule has 0 saturated carbocycles. The van der Waals surface area contributed by atoms with Gasteiger partial charge in [0.1, 0.15) is 0 Å². The van der Waals surface area contributed by atoms with Crippen LogP contribution in [0.5, 0.6) is 0 Å². The second kappa shape index (κ2) is 9.54. The van der Waals surface area contributed by atoms with Crippen molar-refractivity contribution in [2.45, 2.75) is 12.8 Å². The molecule has 4 nitrogen and oxygen atoms in total. The summed E-state index contributed by atoms with van der Waals surface area (Å²) in [4.78, 5) is 27.4. The van der Waals surface area contributed by atoms with Crippen LogP contribution in [0.2, 0.25) is 10.0 Å². The van der Waals surface area contributed by atoms with Crippen LogP contribution in [0.15, 0.2) is 72.8 Å². The lowest BCUT2D eigenvalue weighted by atomic mass is 9.95. The number of nitrogens with zero attached hydrogens (tertiary/aromatic N) is 1. The SMILES string of the molecule is O=C(Nc1c(Cl)cccc1Cl)C1CCN(C(=O)c2ccc(-c3ccccc3)cc2)CC1. The maximum absolute atomic E-state index is 12.9. The average Bonchev–Trinajstić information content (AvgIpc) is 2.82. The summed E-state index contributed by atoms with van der Waals surface area (Å²) >= 11 is 12.3. The third kappa shape index (κ3) is 4.92. The van der Waals surface area contributed by atoms with E-state index in [1.165, 1.54) is 0 Å². The van der Waals surface area contributed by atoms with E-state index in [2.05, 4.69) is 5.32 Å². The van der Waals surface area contributed by atoms with Gasteiger partial charge in [-0.3, -0.25) is 9.59 Å². The van der Waals surface area contributed by atoms with Gasteiger partial charge >= 0.3 is 0 Å². The Hall–Kier alpha value is -2.82. The van der Waals surface area contributed by atoms with Crippen molar-refractivity contribution < 1.29 is 9.59 Å². The van der Waals surface area contributed by atoms with Crippen molar-refractivity contribution in [3.63, 3.8) is 0 Å².